The van der Waals surface area contributed by atoms with E-state index < -0.39 is 16.3 Å². The molecule has 0 amide bonds. The zero-order valence-corrected chi connectivity index (χ0v) is 19.3. The second-order valence-corrected chi connectivity index (χ2v) is 10.7. The van der Waals surface area contributed by atoms with Gasteiger partial charge in [0.1, 0.15) is 16.5 Å². The van der Waals surface area contributed by atoms with Crippen molar-refractivity contribution in [3.8, 4) is 0 Å². The number of aryl methyl sites for hydroxylation is 1. The van der Waals surface area contributed by atoms with E-state index in [0.717, 1.165) is 43.4 Å². The van der Waals surface area contributed by atoms with Crippen LogP contribution in [0, 0.1) is 0 Å². The summed E-state index contributed by atoms with van der Waals surface area (Å²) in [6.45, 7) is 0.668. The Kier molecular flexibility index (Phi) is 5.94. The SMILES string of the molecule is O=[S@]1CCCc2nc(N3CCC(c4ccc(Cl)cc4)=C(F)C3)nc(NC3(CO)CCC3)c21. The molecule has 1 aromatic carbocycles. The number of hydrogen-bond donors (Lipinski definition) is 2. The Balaban J connectivity index is 1.47. The van der Waals surface area contributed by atoms with Crippen molar-refractivity contribution >= 4 is 39.7 Å². The highest BCUT2D eigenvalue weighted by molar-refractivity contribution is 7.85. The summed E-state index contributed by atoms with van der Waals surface area (Å²) in [5, 5.41) is 13.9. The van der Waals surface area contributed by atoms with Gasteiger partial charge in [0.25, 0.3) is 0 Å². The van der Waals surface area contributed by atoms with Gasteiger partial charge in [-0.25, -0.2) is 9.37 Å². The smallest absolute Gasteiger partial charge is 0.228 e. The Labute approximate surface area is 194 Å². The van der Waals surface area contributed by atoms with Gasteiger partial charge in [-0.3, -0.25) is 4.21 Å². The topological polar surface area (TPSA) is 78.4 Å². The third kappa shape index (κ3) is 4.04. The van der Waals surface area contributed by atoms with Crippen LogP contribution in [0.1, 0.15) is 43.4 Å². The van der Waals surface area contributed by atoms with Crippen molar-refractivity contribution in [1.29, 1.82) is 0 Å². The Bertz CT molecular complexity index is 1080. The van der Waals surface area contributed by atoms with Gasteiger partial charge in [-0.1, -0.05) is 23.7 Å². The molecule has 0 spiro atoms. The molecule has 1 aliphatic carbocycles. The lowest BCUT2D eigenvalue weighted by Crippen LogP contribution is -2.49. The predicted octanol–water partition coefficient (Wildman–Crippen LogP) is 4.10. The molecule has 170 valence electrons. The summed E-state index contributed by atoms with van der Waals surface area (Å²) in [5.74, 6) is 1.36. The molecule has 32 heavy (non-hydrogen) atoms. The minimum Gasteiger partial charge on any atom is -0.394 e. The average molecular weight is 477 g/mol. The lowest BCUT2D eigenvalue weighted by molar-refractivity contribution is 0.143. The molecule has 1 aromatic heterocycles. The maximum absolute atomic E-state index is 15.1. The molecule has 5 rings (SSSR count). The van der Waals surface area contributed by atoms with Crippen molar-refractivity contribution in [3.05, 3.63) is 46.4 Å². The number of hydrogen-bond acceptors (Lipinski definition) is 6. The fourth-order valence-corrected chi connectivity index (χ4v) is 6.08. The van der Waals surface area contributed by atoms with Crippen LogP contribution in [-0.4, -0.2) is 50.3 Å². The van der Waals surface area contributed by atoms with E-state index >= 15 is 4.39 Å². The van der Waals surface area contributed by atoms with Crippen LogP contribution in [0.15, 0.2) is 35.0 Å². The minimum atomic E-state index is -1.18. The molecule has 1 saturated carbocycles. The van der Waals surface area contributed by atoms with Crippen molar-refractivity contribution in [2.24, 2.45) is 0 Å². The minimum absolute atomic E-state index is 0.000717. The van der Waals surface area contributed by atoms with Crippen LogP contribution >= 0.6 is 11.6 Å². The molecule has 6 nitrogen and oxygen atoms in total. The number of nitrogens with zero attached hydrogens (tertiary/aromatic N) is 3. The summed E-state index contributed by atoms with van der Waals surface area (Å²) in [6, 6.07) is 7.22. The molecule has 1 fully saturated rings. The monoisotopic (exact) mass is 476 g/mol. The van der Waals surface area contributed by atoms with Crippen molar-refractivity contribution < 1.29 is 13.7 Å². The Morgan fingerprint density at radius 1 is 1.19 bits per heavy atom. The van der Waals surface area contributed by atoms with Gasteiger partial charge in [0.2, 0.25) is 5.95 Å². The molecular formula is C23H26ClFN4O2S. The third-order valence-corrected chi connectivity index (χ3v) is 8.45. The van der Waals surface area contributed by atoms with E-state index in [-0.39, 0.29) is 19.0 Å². The zero-order chi connectivity index (χ0) is 22.3. The number of anilines is 2. The molecule has 2 aromatic rings. The highest BCUT2D eigenvalue weighted by atomic mass is 35.5. The summed E-state index contributed by atoms with van der Waals surface area (Å²) in [7, 11) is -1.18. The van der Waals surface area contributed by atoms with Gasteiger partial charge in [0.05, 0.1) is 35.2 Å². The molecule has 3 heterocycles. The Morgan fingerprint density at radius 3 is 2.62 bits per heavy atom. The van der Waals surface area contributed by atoms with Gasteiger partial charge < -0.3 is 15.3 Å². The molecule has 1 atom stereocenters. The number of rotatable bonds is 5. The maximum atomic E-state index is 15.1. The second kappa shape index (κ2) is 8.72. The van der Waals surface area contributed by atoms with Gasteiger partial charge in [0, 0.05) is 17.3 Å². The molecule has 0 radical (unpaired) electrons. The van der Waals surface area contributed by atoms with Gasteiger partial charge in [-0.15, -0.1) is 0 Å². The van der Waals surface area contributed by atoms with Crippen LogP contribution in [-0.2, 0) is 17.2 Å². The fraction of sp³-hybridized carbons (Fsp3) is 0.478. The average Bonchev–Trinajstić information content (AvgIpc) is 2.77. The fourth-order valence-electron chi connectivity index (χ4n) is 4.62. The number of fused-ring (bicyclic) bond motifs is 1. The summed E-state index contributed by atoms with van der Waals surface area (Å²) < 4.78 is 27.9. The maximum Gasteiger partial charge on any atom is 0.228 e. The zero-order valence-electron chi connectivity index (χ0n) is 17.7. The molecule has 2 N–H and O–H groups in total. The Hall–Kier alpha value is -2.03. The number of aliphatic hydroxyl groups is 1. The van der Waals surface area contributed by atoms with Gasteiger partial charge in [0.15, 0.2) is 0 Å². The van der Waals surface area contributed by atoms with E-state index in [2.05, 4.69) is 5.32 Å². The van der Waals surface area contributed by atoms with E-state index in [4.69, 9.17) is 21.6 Å². The van der Waals surface area contributed by atoms with Crippen molar-refractivity contribution in [1.82, 2.24) is 9.97 Å². The highest BCUT2D eigenvalue weighted by Gasteiger charge is 2.38. The molecule has 0 bridgehead atoms. The Morgan fingerprint density at radius 2 is 1.97 bits per heavy atom. The first-order valence-corrected chi connectivity index (χ1v) is 12.7. The quantitative estimate of drug-likeness (QED) is 0.676. The lowest BCUT2D eigenvalue weighted by atomic mass is 9.77. The first-order valence-electron chi connectivity index (χ1n) is 11.0. The van der Waals surface area contributed by atoms with Crippen LogP contribution < -0.4 is 10.2 Å². The summed E-state index contributed by atoms with van der Waals surface area (Å²) >= 11 is 5.97. The summed E-state index contributed by atoms with van der Waals surface area (Å²) in [4.78, 5) is 11.9. The van der Waals surface area contributed by atoms with Crippen molar-refractivity contribution in [3.63, 3.8) is 0 Å². The first kappa shape index (κ1) is 21.8. The van der Waals surface area contributed by atoms with Gasteiger partial charge >= 0.3 is 0 Å². The van der Waals surface area contributed by atoms with E-state index in [1.807, 2.05) is 17.0 Å². The summed E-state index contributed by atoms with van der Waals surface area (Å²) in [5.41, 5.74) is 1.87. The molecule has 0 unspecified atom stereocenters. The normalized spacial score (nSPS) is 22.3. The number of halogens is 2. The third-order valence-electron chi connectivity index (χ3n) is 6.66. The van der Waals surface area contributed by atoms with Gasteiger partial charge in [-0.2, -0.15) is 4.98 Å². The first-order chi connectivity index (χ1) is 15.5. The molecular weight excluding hydrogens is 451 g/mol. The standard InChI is InChI=1S/C23H26ClFN4O2S/c24-16-6-4-15(5-7-16)17-8-11-29(13-18(17)25)22-26-19-3-1-12-32(31)20(19)21(27-22)28-23(14-30)9-2-10-23/h4-7,30H,1-3,8-14H2,(H,26,27,28)/t32-/m0/s1. The summed E-state index contributed by atoms with van der Waals surface area (Å²) in [6.07, 6.45) is 4.77. The van der Waals surface area contributed by atoms with Crippen molar-refractivity contribution in [2.75, 3.05) is 35.7 Å². The highest BCUT2D eigenvalue weighted by Crippen LogP contribution is 2.38. The number of aromatic nitrogens is 2. The van der Waals surface area contributed by atoms with E-state index in [1.165, 1.54) is 0 Å². The second-order valence-electron chi connectivity index (χ2n) is 8.78. The lowest BCUT2D eigenvalue weighted by Gasteiger charge is -2.42. The molecule has 2 aliphatic heterocycles. The van der Waals surface area contributed by atoms with Gasteiger partial charge in [-0.05, 0) is 61.8 Å². The van der Waals surface area contributed by atoms with Crippen molar-refractivity contribution in [2.45, 2.75) is 49.0 Å². The molecule has 0 saturated heterocycles. The van der Waals surface area contributed by atoms with Crippen LogP contribution in [0.2, 0.25) is 5.02 Å². The van der Waals surface area contributed by atoms with Crippen LogP contribution in [0.4, 0.5) is 16.2 Å². The number of aliphatic hydroxyl groups excluding tert-OH is 1. The number of nitrogens with one attached hydrogen (secondary N) is 1. The largest absolute Gasteiger partial charge is 0.394 e. The number of benzene rings is 1. The molecule has 9 heteroatoms. The molecule has 3 aliphatic rings. The van der Waals surface area contributed by atoms with E-state index in [0.29, 0.717) is 46.0 Å². The van der Waals surface area contributed by atoms with Crippen LogP contribution in [0.5, 0.6) is 0 Å². The van der Waals surface area contributed by atoms with Crippen LogP contribution in [0.25, 0.3) is 5.57 Å². The van der Waals surface area contributed by atoms with Crippen LogP contribution in [0.3, 0.4) is 0 Å². The van der Waals surface area contributed by atoms with E-state index in [1.54, 1.807) is 12.1 Å². The van der Waals surface area contributed by atoms with E-state index in [9.17, 15) is 9.32 Å². The predicted molar refractivity (Wildman–Crippen MR) is 125 cm³/mol.